The van der Waals surface area contributed by atoms with Gasteiger partial charge in [0.2, 0.25) is 0 Å². The molecule has 3 heteroatoms. The Kier molecular flexibility index (Phi) is 4.15. The Morgan fingerprint density at radius 1 is 1.07 bits per heavy atom. The van der Waals surface area contributed by atoms with Crippen LogP contribution in [0.25, 0.3) is 0 Å². The highest BCUT2D eigenvalue weighted by Crippen LogP contribution is 2.33. The minimum Gasteiger partial charge on any atom is -0.322 e. The summed E-state index contributed by atoms with van der Waals surface area (Å²) in [5.41, 5.74) is 8.49. The maximum Gasteiger partial charge on any atom is 0.0364 e. The molecule has 2 N–H and O–H groups in total. The first-order valence-electron chi connectivity index (χ1n) is 4.92. The quantitative estimate of drug-likeness (QED) is 0.818. The van der Waals surface area contributed by atoms with Crippen LogP contribution in [0, 0.1) is 6.92 Å². The van der Waals surface area contributed by atoms with Crippen LogP contribution >= 0.6 is 23.5 Å². The van der Waals surface area contributed by atoms with Gasteiger partial charge in [-0.3, -0.25) is 0 Å². The van der Waals surface area contributed by atoms with E-state index in [1.165, 1.54) is 20.9 Å². The second kappa shape index (κ2) is 4.81. The molecule has 0 radical (unpaired) electrons. The molecule has 0 atom stereocenters. The minimum atomic E-state index is -0.267. The SMILES string of the molecule is CSc1cc(C(C)(C)N)c(SC)cc1C. The number of aryl methyl sites for hydroxylation is 1. The van der Waals surface area contributed by atoms with Gasteiger partial charge in [-0.05, 0) is 56.5 Å². The van der Waals surface area contributed by atoms with Crippen LogP contribution in [0.1, 0.15) is 25.0 Å². The first-order chi connectivity index (χ1) is 6.90. The summed E-state index contributed by atoms with van der Waals surface area (Å²) in [4.78, 5) is 2.61. The van der Waals surface area contributed by atoms with Crippen molar-refractivity contribution in [1.82, 2.24) is 0 Å². The van der Waals surface area contributed by atoms with Crippen molar-refractivity contribution in [3.8, 4) is 0 Å². The summed E-state index contributed by atoms with van der Waals surface area (Å²) in [7, 11) is 0. The molecular weight excluding hydrogens is 222 g/mol. The average molecular weight is 241 g/mol. The van der Waals surface area contributed by atoms with E-state index >= 15 is 0 Å². The largest absolute Gasteiger partial charge is 0.322 e. The topological polar surface area (TPSA) is 26.0 Å². The first-order valence-corrected chi connectivity index (χ1v) is 7.37. The van der Waals surface area contributed by atoms with Crippen LogP contribution < -0.4 is 5.73 Å². The van der Waals surface area contributed by atoms with E-state index in [1.807, 2.05) is 0 Å². The summed E-state index contributed by atoms with van der Waals surface area (Å²) in [5, 5.41) is 0. The number of hydrogen-bond acceptors (Lipinski definition) is 3. The zero-order valence-corrected chi connectivity index (χ0v) is 11.7. The minimum absolute atomic E-state index is 0.267. The number of benzene rings is 1. The van der Waals surface area contributed by atoms with Crippen molar-refractivity contribution in [3.63, 3.8) is 0 Å². The fourth-order valence-electron chi connectivity index (χ4n) is 1.55. The highest BCUT2D eigenvalue weighted by atomic mass is 32.2. The van der Waals surface area contributed by atoms with Gasteiger partial charge in [0.1, 0.15) is 0 Å². The molecule has 0 bridgehead atoms. The third-order valence-corrected chi connectivity index (χ3v) is 4.07. The van der Waals surface area contributed by atoms with Crippen molar-refractivity contribution in [3.05, 3.63) is 23.3 Å². The smallest absolute Gasteiger partial charge is 0.0364 e. The standard InChI is InChI=1S/C12H19NS2/c1-8-6-11(15-5)9(12(2,3)13)7-10(8)14-4/h6-7H,13H2,1-5H3. The zero-order chi connectivity index (χ0) is 11.6. The van der Waals surface area contributed by atoms with Crippen molar-refractivity contribution >= 4 is 23.5 Å². The van der Waals surface area contributed by atoms with Gasteiger partial charge in [0.25, 0.3) is 0 Å². The molecular formula is C12H19NS2. The summed E-state index contributed by atoms with van der Waals surface area (Å²) in [6.45, 7) is 6.27. The van der Waals surface area contributed by atoms with Crippen LogP contribution in [0.5, 0.6) is 0 Å². The van der Waals surface area contributed by atoms with Gasteiger partial charge < -0.3 is 5.73 Å². The summed E-state index contributed by atoms with van der Waals surface area (Å²) in [6, 6.07) is 4.46. The molecule has 15 heavy (non-hydrogen) atoms. The molecule has 1 rings (SSSR count). The fraction of sp³-hybridized carbons (Fsp3) is 0.500. The number of thioether (sulfide) groups is 2. The van der Waals surface area contributed by atoms with E-state index in [2.05, 4.69) is 45.4 Å². The van der Waals surface area contributed by atoms with Gasteiger partial charge in [0, 0.05) is 15.3 Å². The predicted octanol–water partition coefficient (Wildman–Crippen LogP) is 3.63. The molecule has 0 unspecified atom stereocenters. The molecule has 0 aliphatic heterocycles. The van der Waals surface area contributed by atoms with Gasteiger partial charge in [-0.15, -0.1) is 23.5 Å². The second-order valence-electron chi connectivity index (χ2n) is 4.24. The molecule has 0 saturated carbocycles. The molecule has 0 aliphatic rings. The maximum absolute atomic E-state index is 6.18. The Hall–Kier alpha value is -0.120. The molecule has 0 aliphatic carbocycles. The lowest BCUT2D eigenvalue weighted by Crippen LogP contribution is -2.29. The second-order valence-corrected chi connectivity index (χ2v) is 5.94. The molecule has 0 amide bonds. The predicted molar refractivity (Wildman–Crippen MR) is 72.0 cm³/mol. The lowest BCUT2D eigenvalue weighted by molar-refractivity contribution is 0.541. The third-order valence-electron chi connectivity index (χ3n) is 2.41. The lowest BCUT2D eigenvalue weighted by Gasteiger charge is -2.23. The normalized spacial score (nSPS) is 11.9. The van der Waals surface area contributed by atoms with Crippen LogP contribution in [0.15, 0.2) is 21.9 Å². The third kappa shape index (κ3) is 2.92. The van der Waals surface area contributed by atoms with E-state index in [0.29, 0.717) is 0 Å². The number of hydrogen-bond donors (Lipinski definition) is 1. The van der Waals surface area contributed by atoms with Gasteiger partial charge in [0.05, 0.1) is 0 Å². The molecule has 1 aromatic rings. The summed E-state index contributed by atoms with van der Waals surface area (Å²) < 4.78 is 0. The van der Waals surface area contributed by atoms with E-state index < -0.39 is 0 Å². The summed E-state index contributed by atoms with van der Waals surface area (Å²) >= 11 is 3.55. The molecule has 1 nitrogen and oxygen atoms in total. The van der Waals surface area contributed by atoms with Crippen molar-refractivity contribution in [1.29, 1.82) is 0 Å². The number of rotatable bonds is 3. The Morgan fingerprint density at radius 3 is 2.00 bits per heavy atom. The fourth-order valence-corrected chi connectivity index (χ4v) is 3.01. The van der Waals surface area contributed by atoms with Crippen LogP contribution in [0.2, 0.25) is 0 Å². The first kappa shape index (κ1) is 12.9. The molecule has 0 saturated heterocycles. The highest BCUT2D eigenvalue weighted by molar-refractivity contribution is 7.99. The lowest BCUT2D eigenvalue weighted by atomic mass is 9.95. The zero-order valence-electron chi connectivity index (χ0n) is 10.0. The molecule has 0 spiro atoms. The molecule has 1 aromatic carbocycles. The Labute approximate surface area is 101 Å². The molecule has 0 heterocycles. The van der Waals surface area contributed by atoms with Crippen LogP contribution in [-0.2, 0) is 5.54 Å². The van der Waals surface area contributed by atoms with E-state index in [-0.39, 0.29) is 5.54 Å². The van der Waals surface area contributed by atoms with Crippen molar-refractivity contribution in [2.45, 2.75) is 36.1 Å². The molecule has 0 aromatic heterocycles. The van der Waals surface area contributed by atoms with Crippen molar-refractivity contribution in [2.24, 2.45) is 5.73 Å². The number of nitrogens with two attached hydrogens (primary N) is 1. The van der Waals surface area contributed by atoms with Crippen LogP contribution in [0.3, 0.4) is 0 Å². The molecule has 0 fully saturated rings. The van der Waals surface area contributed by atoms with E-state index in [9.17, 15) is 0 Å². The van der Waals surface area contributed by atoms with Crippen molar-refractivity contribution in [2.75, 3.05) is 12.5 Å². The van der Waals surface area contributed by atoms with Crippen LogP contribution in [0.4, 0.5) is 0 Å². The Morgan fingerprint density at radius 2 is 1.60 bits per heavy atom. The van der Waals surface area contributed by atoms with E-state index in [1.54, 1.807) is 23.5 Å². The van der Waals surface area contributed by atoms with Crippen molar-refractivity contribution < 1.29 is 0 Å². The van der Waals surface area contributed by atoms with E-state index in [0.717, 1.165) is 0 Å². The maximum atomic E-state index is 6.18. The average Bonchev–Trinajstić information content (AvgIpc) is 2.15. The Balaban J connectivity index is 3.36. The van der Waals surface area contributed by atoms with Gasteiger partial charge in [-0.1, -0.05) is 0 Å². The van der Waals surface area contributed by atoms with Gasteiger partial charge in [-0.25, -0.2) is 0 Å². The Bertz CT molecular complexity index is 353. The van der Waals surface area contributed by atoms with Crippen LogP contribution in [-0.4, -0.2) is 12.5 Å². The van der Waals surface area contributed by atoms with E-state index in [4.69, 9.17) is 5.73 Å². The van der Waals surface area contributed by atoms with Gasteiger partial charge in [-0.2, -0.15) is 0 Å². The summed E-state index contributed by atoms with van der Waals surface area (Å²) in [6.07, 6.45) is 4.21. The summed E-state index contributed by atoms with van der Waals surface area (Å²) in [5.74, 6) is 0. The molecule has 84 valence electrons. The highest BCUT2D eigenvalue weighted by Gasteiger charge is 2.19. The van der Waals surface area contributed by atoms with Gasteiger partial charge >= 0.3 is 0 Å². The monoisotopic (exact) mass is 241 g/mol. The van der Waals surface area contributed by atoms with Gasteiger partial charge in [0.15, 0.2) is 0 Å².